The van der Waals surface area contributed by atoms with E-state index in [1.807, 2.05) is 25.1 Å². The van der Waals surface area contributed by atoms with E-state index in [-0.39, 0.29) is 39.2 Å². The van der Waals surface area contributed by atoms with Crippen LogP contribution in [0.4, 0.5) is 5.69 Å². The number of aryl methyl sites for hydroxylation is 2. The number of aromatic nitrogens is 3. The fraction of sp³-hybridized carbons (Fsp3) is 0.148. The molecule has 4 aromatic rings. The molecule has 9 nitrogen and oxygen atoms in total. The number of hydrogen-bond donors (Lipinski definition) is 3. The molecule has 0 spiro atoms. The molecular formula is C27H22BrCl2N5O4. The molecule has 12 heteroatoms. The summed E-state index contributed by atoms with van der Waals surface area (Å²) in [5.41, 5.74) is 2.47. The van der Waals surface area contributed by atoms with E-state index in [4.69, 9.17) is 23.2 Å². The molecule has 200 valence electrons. The maximum atomic E-state index is 13.4. The summed E-state index contributed by atoms with van der Waals surface area (Å²) in [4.78, 5) is 43.0. The number of carbonyl (C=O) groups excluding carboxylic acids is 2. The van der Waals surface area contributed by atoms with Crippen molar-refractivity contribution in [3.63, 3.8) is 0 Å². The average Bonchev–Trinajstić information content (AvgIpc) is 3.26. The molecule has 0 saturated carbocycles. The Hall–Kier alpha value is -3.73. The Morgan fingerprint density at radius 1 is 1.05 bits per heavy atom. The number of aliphatic carboxylic acids is 1. The van der Waals surface area contributed by atoms with Gasteiger partial charge in [-0.3, -0.25) is 9.59 Å². The molecule has 2 heterocycles. The highest BCUT2D eigenvalue weighted by atomic mass is 79.9. The van der Waals surface area contributed by atoms with Crippen LogP contribution in [0.2, 0.25) is 10.0 Å². The topological polar surface area (TPSA) is 126 Å². The number of carboxylic acids is 1. The van der Waals surface area contributed by atoms with E-state index in [1.165, 1.54) is 23.0 Å². The summed E-state index contributed by atoms with van der Waals surface area (Å²) in [6.07, 6.45) is 1.59. The lowest BCUT2D eigenvalue weighted by atomic mass is 10.0. The second kappa shape index (κ2) is 12.0. The van der Waals surface area contributed by atoms with Gasteiger partial charge in [-0.1, -0.05) is 53.0 Å². The molecule has 0 aliphatic heterocycles. The second-order valence-electron chi connectivity index (χ2n) is 8.73. The number of amides is 2. The van der Waals surface area contributed by atoms with Crippen molar-refractivity contribution >= 4 is 62.6 Å². The SMILES string of the molecule is Cc1cccc(C[C@H](NC(=O)c2cc(Cl)cc(C)c2NC(=O)c2cc(Br)nn2-c2ncccc2Cl)C(=O)O)c1. The van der Waals surface area contributed by atoms with Crippen LogP contribution in [-0.2, 0) is 11.2 Å². The van der Waals surface area contributed by atoms with Gasteiger partial charge in [-0.2, -0.15) is 5.10 Å². The Morgan fingerprint density at radius 3 is 2.51 bits per heavy atom. The second-order valence-corrected chi connectivity index (χ2v) is 10.4. The van der Waals surface area contributed by atoms with Crippen molar-refractivity contribution in [2.24, 2.45) is 0 Å². The minimum Gasteiger partial charge on any atom is -0.480 e. The summed E-state index contributed by atoms with van der Waals surface area (Å²) in [6.45, 7) is 3.57. The summed E-state index contributed by atoms with van der Waals surface area (Å²) < 4.78 is 1.63. The van der Waals surface area contributed by atoms with Crippen LogP contribution in [-0.4, -0.2) is 43.7 Å². The van der Waals surface area contributed by atoms with E-state index in [1.54, 1.807) is 31.2 Å². The van der Waals surface area contributed by atoms with Gasteiger partial charge in [-0.25, -0.2) is 14.5 Å². The number of nitrogens with one attached hydrogen (secondary N) is 2. The van der Waals surface area contributed by atoms with Gasteiger partial charge >= 0.3 is 5.97 Å². The van der Waals surface area contributed by atoms with E-state index < -0.39 is 23.8 Å². The molecule has 1 atom stereocenters. The van der Waals surface area contributed by atoms with Crippen LogP contribution in [0.15, 0.2) is 65.4 Å². The van der Waals surface area contributed by atoms with Crippen molar-refractivity contribution in [3.05, 3.63) is 103 Å². The predicted molar refractivity (Wildman–Crippen MR) is 152 cm³/mol. The lowest BCUT2D eigenvalue weighted by Gasteiger charge is -2.18. The fourth-order valence-electron chi connectivity index (χ4n) is 3.99. The summed E-state index contributed by atoms with van der Waals surface area (Å²) in [7, 11) is 0. The number of carbonyl (C=O) groups is 3. The van der Waals surface area contributed by atoms with Gasteiger partial charge in [-0.15, -0.1) is 0 Å². The van der Waals surface area contributed by atoms with Crippen molar-refractivity contribution < 1.29 is 19.5 Å². The summed E-state index contributed by atoms with van der Waals surface area (Å²) in [5.74, 6) is -2.28. The minimum atomic E-state index is -1.22. The molecule has 0 fully saturated rings. The molecule has 0 saturated heterocycles. The molecule has 3 N–H and O–H groups in total. The first kappa shape index (κ1) is 28.3. The van der Waals surface area contributed by atoms with Crippen LogP contribution in [0, 0.1) is 13.8 Å². The predicted octanol–water partition coefficient (Wildman–Crippen LogP) is 5.63. The van der Waals surface area contributed by atoms with Crippen molar-refractivity contribution in [3.8, 4) is 5.82 Å². The third-order valence-corrected chi connectivity index (χ3v) is 6.66. The molecule has 0 bridgehead atoms. The minimum absolute atomic E-state index is 0.00448. The van der Waals surface area contributed by atoms with Gasteiger partial charge < -0.3 is 15.7 Å². The Labute approximate surface area is 242 Å². The third-order valence-electron chi connectivity index (χ3n) is 5.76. The molecule has 2 amide bonds. The lowest BCUT2D eigenvalue weighted by Crippen LogP contribution is -2.42. The monoisotopic (exact) mass is 629 g/mol. The molecule has 0 unspecified atom stereocenters. The van der Waals surface area contributed by atoms with E-state index in [9.17, 15) is 19.5 Å². The zero-order valence-corrected chi connectivity index (χ0v) is 23.8. The third kappa shape index (κ3) is 6.65. The van der Waals surface area contributed by atoms with Crippen LogP contribution >= 0.6 is 39.1 Å². The zero-order chi connectivity index (χ0) is 28.3. The van der Waals surface area contributed by atoms with Gasteiger partial charge in [0.25, 0.3) is 11.8 Å². The number of carboxylic acid groups (broad SMARTS) is 1. The smallest absolute Gasteiger partial charge is 0.326 e. The largest absolute Gasteiger partial charge is 0.480 e. The number of benzene rings is 2. The first-order valence-electron chi connectivity index (χ1n) is 11.6. The number of halogens is 3. The van der Waals surface area contributed by atoms with Gasteiger partial charge in [0.05, 0.1) is 16.3 Å². The maximum Gasteiger partial charge on any atom is 0.326 e. The number of pyridine rings is 1. The molecule has 2 aromatic carbocycles. The van der Waals surface area contributed by atoms with E-state index in [0.717, 1.165) is 11.1 Å². The molecule has 2 aromatic heterocycles. The van der Waals surface area contributed by atoms with Crippen LogP contribution < -0.4 is 10.6 Å². The van der Waals surface area contributed by atoms with E-state index in [2.05, 4.69) is 36.6 Å². The zero-order valence-electron chi connectivity index (χ0n) is 20.7. The van der Waals surface area contributed by atoms with Crippen LogP contribution in [0.25, 0.3) is 5.82 Å². The number of nitrogens with zero attached hydrogens (tertiary/aromatic N) is 3. The van der Waals surface area contributed by atoms with Gasteiger partial charge in [0.1, 0.15) is 16.3 Å². The van der Waals surface area contributed by atoms with Gasteiger partial charge in [-0.05, 0) is 65.2 Å². The molecule has 0 aliphatic carbocycles. The quantitative estimate of drug-likeness (QED) is 0.232. The Balaban J connectivity index is 1.65. The number of rotatable bonds is 8. The molecule has 0 radical (unpaired) electrons. The van der Waals surface area contributed by atoms with Crippen molar-refractivity contribution in [2.75, 3.05) is 5.32 Å². The molecule has 0 aliphatic rings. The van der Waals surface area contributed by atoms with Crippen molar-refractivity contribution in [2.45, 2.75) is 26.3 Å². The highest BCUT2D eigenvalue weighted by Crippen LogP contribution is 2.28. The standard InChI is InChI=1S/C27H22BrCl2N5O4/c1-14-5-3-6-16(9-14)11-20(27(38)39)32-25(36)18-12-17(29)10-15(2)23(18)33-26(37)21-13-22(28)34-35(21)24-19(30)7-4-8-31-24/h3-10,12-13,20H,11H2,1-2H3,(H,32,36)(H,33,37)(H,38,39)/t20-/m0/s1. The first-order chi connectivity index (χ1) is 18.5. The highest BCUT2D eigenvalue weighted by Gasteiger charge is 2.26. The lowest BCUT2D eigenvalue weighted by molar-refractivity contribution is -0.139. The summed E-state index contributed by atoms with van der Waals surface area (Å²) in [6, 6.07) is 13.8. The molecular weight excluding hydrogens is 609 g/mol. The number of anilines is 1. The van der Waals surface area contributed by atoms with Gasteiger partial charge in [0.2, 0.25) is 0 Å². The first-order valence-corrected chi connectivity index (χ1v) is 13.2. The average molecular weight is 631 g/mol. The number of hydrogen-bond acceptors (Lipinski definition) is 5. The summed E-state index contributed by atoms with van der Waals surface area (Å²) >= 11 is 15.8. The Bertz CT molecular complexity index is 1590. The van der Waals surface area contributed by atoms with Crippen LogP contribution in [0.5, 0.6) is 0 Å². The Kier molecular flexibility index (Phi) is 8.69. The summed E-state index contributed by atoms with van der Waals surface area (Å²) in [5, 5.41) is 19.9. The maximum absolute atomic E-state index is 13.4. The molecule has 39 heavy (non-hydrogen) atoms. The van der Waals surface area contributed by atoms with Gasteiger partial charge in [0, 0.05) is 23.7 Å². The van der Waals surface area contributed by atoms with E-state index >= 15 is 0 Å². The van der Waals surface area contributed by atoms with Crippen LogP contribution in [0.3, 0.4) is 0 Å². The van der Waals surface area contributed by atoms with Crippen molar-refractivity contribution in [1.29, 1.82) is 0 Å². The molecule has 4 rings (SSSR count). The fourth-order valence-corrected chi connectivity index (χ4v) is 4.84. The normalized spacial score (nSPS) is 11.6. The highest BCUT2D eigenvalue weighted by molar-refractivity contribution is 9.10. The van der Waals surface area contributed by atoms with Gasteiger partial charge in [0.15, 0.2) is 5.82 Å². The van der Waals surface area contributed by atoms with Crippen molar-refractivity contribution in [1.82, 2.24) is 20.1 Å². The van der Waals surface area contributed by atoms with E-state index in [0.29, 0.717) is 10.2 Å². The Morgan fingerprint density at radius 2 is 1.82 bits per heavy atom. The van der Waals surface area contributed by atoms with Crippen LogP contribution in [0.1, 0.15) is 37.5 Å².